The fraction of sp³-hybridized carbons (Fsp3) is 0.467. The van der Waals surface area contributed by atoms with Gasteiger partial charge in [0.15, 0.2) is 5.82 Å². The Kier molecular flexibility index (Phi) is 7.08. The van der Waals surface area contributed by atoms with E-state index in [1.165, 1.54) is 11.1 Å². The number of hydrogen-bond donors (Lipinski definition) is 1. The van der Waals surface area contributed by atoms with Crippen molar-refractivity contribution in [2.75, 3.05) is 19.7 Å². The van der Waals surface area contributed by atoms with Crippen LogP contribution in [0.5, 0.6) is 0 Å². The average Bonchev–Trinajstić information content (AvgIpc) is 3.60. The molecule has 2 aliphatic heterocycles. The van der Waals surface area contributed by atoms with Gasteiger partial charge in [-0.15, -0.1) is 5.10 Å². The minimum atomic E-state index is -0.321. The number of aromatic amines is 1. The van der Waals surface area contributed by atoms with Crippen LogP contribution in [0.2, 0.25) is 0 Å². The number of piperidine rings is 1. The quantitative estimate of drug-likeness (QED) is 0.396. The van der Waals surface area contributed by atoms with Gasteiger partial charge in [-0.1, -0.05) is 42.0 Å². The van der Waals surface area contributed by atoms with Crippen LogP contribution in [-0.4, -0.2) is 55.9 Å². The van der Waals surface area contributed by atoms with Gasteiger partial charge in [-0.3, -0.25) is 9.69 Å². The molecule has 2 aromatic carbocycles. The summed E-state index contributed by atoms with van der Waals surface area (Å²) in [7, 11) is 0. The first-order valence-corrected chi connectivity index (χ1v) is 13.8. The summed E-state index contributed by atoms with van der Waals surface area (Å²) in [5, 5.41) is 14.0. The fourth-order valence-electron chi connectivity index (χ4n) is 6.29. The lowest BCUT2D eigenvalue weighted by atomic mass is 9.89. The average molecular weight is 513 g/mol. The molecule has 0 unspecified atom stereocenters. The molecule has 2 fully saturated rings. The molecular weight excluding hydrogens is 476 g/mol. The van der Waals surface area contributed by atoms with Crippen LogP contribution in [0.25, 0.3) is 10.9 Å². The minimum Gasteiger partial charge on any atom is -0.376 e. The summed E-state index contributed by atoms with van der Waals surface area (Å²) in [4.78, 5) is 19.2. The first kappa shape index (κ1) is 24.9. The van der Waals surface area contributed by atoms with Crippen LogP contribution in [0, 0.1) is 19.8 Å². The molecule has 0 spiro atoms. The second-order valence-electron chi connectivity index (χ2n) is 11.0. The van der Waals surface area contributed by atoms with Crippen molar-refractivity contribution in [2.24, 2.45) is 5.92 Å². The summed E-state index contributed by atoms with van der Waals surface area (Å²) in [6, 6.07) is 16.7. The molecule has 4 aromatic rings. The third kappa shape index (κ3) is 5.15. The number of likely N-dealkylation sites (tertiary alicyclic amines) is 1. The van der Waals surface area contributed by atoms with Crippen molar-refractivity contribution < 1.29 is 4.74 Å². The Morgan fingerprint density at radius 3 is 2.66 bits per heavy atom. The largest absolute Gasteiger partial charge is 0.376 e. The molecule has 0 amide bonds. The van der Waals surface area contributed by atoms with Gasteiger partial charge in [0.25, 0.3) is 5.56 Å². The first-order chi connectivity index (χ1) is 18.5. The molecule has 2 saturated heterocycles. The van der Waals surface area contributed by atoms with E-state index < -0.39 is 0 Å². The SMILES string of the molecule is Cc1cc(C)c2[nH]c(=O)c([C@H](c3nnnn3C[C@H]3CCCO3)N3CCC(Cc4ccccc4)CC3)cc2c1. The van der Waals surface area contributed by atoms with Crippen LogP contribution in [0.15, 0.2) is 53.3 Å². The number of hydrogen-bond acceptors (Lipinski definition) is 6. The Labute approximate surface area is 223 Å². The molecule has 0 bridgehead atoms. The van der Waals surface area contributed by atoms with Gasteiger partial charge >= 0.3 is 0 Å². The van der Waals surface area contributed by atoms with Gasteiger partial charge in [-0.2, -0.15) is 0 Å². The summed E-state index contributed by atoms with van der Waals surface area (Å²) in [6.45, 7) is 7.30. The number of nitrogens with one attached hydrogen (secondary N) is 1. The number of benzene rings is 2. The number of aromatic nitrogens is 5. The summed E-state index contributed by atoms with van der Waals surface area (Å²) in [5.41, 5.74) is 5.16. The Hall–Kier alpha value is -3.36. The van der Waals surface area contributed by atoms with Crippen LogP contribution in [0.4, 0.5) is 0 Å². The van der Waals surface area contributed by atoms with E-state index >= 15 is 0 Å². The second kappa shape index (κ2) is 10.8. The molecule has 0 radical (unpaired) electrons. The maximum absolute atomic E-state index is 13.6. The van der Waals surface area contributed by atoms with Crippen LogP contribution in [0.1, 0.15) is 59.8 Å². The summed E-state index contributed by atoms with van der Waals surface area (Å²) in [5.74, 6) is 1.34. The topological polar surface area (TPSA) is 88.9 Å². The third-order valence-electron chi connectivity index (χ3n) is 8.20. The molecule has 8 heteroatoms. The third-order valence-corrected chi connectivity index (χ3v) is 8.20. The number of H-pyrrole nitrogens is 1. The maximum Gasteiger partial charge on any atom is 0.253 e. The molecule has 198 valence electrons. The molecule has 38 heavy (non-hydrogen) atoms. The van der Waals surface area contributed by atoms with E-state index in [4.69, 9.17) is 4.74 Å². The van der Waals surface area contributed by atoms with Crippen LogP contribution >= 0.6 is 0 Å². The predicted molar refractivity (Wildman–Crippen MR) is 147 cm³/mol. The normalized spacial score (nSPS) is 19.8. The molecule has 0 aliphatic carbocycles. The summed E-state index contributed by atoms with van der Waals surface area (Å²) in [6.07, 6.45) is 5.40. The van der Waals surface area contributed by atoms with E-state index in [0.717, 1.165) is 74.1 Å². The summed E-state index contributed by atoms with van der Waals surface area (Å²) >= 11 is 0. The number of nitrogens with zero attached hydrogens (tertiary/aromatic N) is 5. The van der Waals surface area contributed by atoms with Gasteiger partial charge < -0.3 is 9.72 Å². The summed E-state index contributed by atoms with van der Waals surface area (Å²) < 4.78 is 7.76. The van der Waals surface area contributed by atoms with E-state index in [2.05, 4.69) is 80.9 Å². The molecule has 4 heterocycles. The molecule has 2 aromatic heterocycles. The lowest BCUT2D eigenvalue weighted by Crippen LogP contribution is -2.41. The number of fused-ring (bicyclic) bond motifs is 1. The molecule has 1 N–H and O–H groups in total. The molecule has 2 aliphatic rings. The molecular formula is C30H36N6O2. The molecule has 6 rings (SSSR count). The fourth-order valence-corrected chi connectivity index (χ4v) is 6.29. The molecule has 8 nitrogen and oxygen atoms in total. The van der Waals surface area contributed by atoms with Crippen molar-refractivity contribution in [3.63, 3.8) is 0 Å². The molecule has 0 saturated carbocycles. The van der Waals surface area contributed by atoms with Gasteiger partial charge in [-0.05, 0) is 104 Å². The highest BCUT2D eigenvalue weighted by molar-refractivity contribution is 5.83. The number of pyridine rings is 1. The van der Waals surface area contributed by atoms with Gasteiger partial charge in [-0.25, -0.2) is 4.68 Å². The Balaban J connectivity index is 1.34. The van der Waals surface area contributed by atoms with Gasteiger partial charge in [0.05, 0.1) is 18.2 Å². The number of tetrazole rings is 1. The van der Waals surface area contributed by atoms with E-state index in [9.17, 15) is 4.79 Å². The van der Waals surface area contributed by atoms with Crippen LogP contribution in [0.3, 0.4) is 0 Å². The Morgan fingerprint density at radius 2 is 1.89 bits per heavy atom. The smallest absolute Gasteiger partial charge is 0.253 e. The zero-order chi connectivity index (χ0) is 26.1. The highest BCUT2D eigenvalue weighted by atomic mass is 16.5. The first-order valence-electron chi connectivity index (χ1n) is 13.8. The predicted octanol–water partition coefficient (Wildman–Crippen LogP) is 4.35. The second-order valence-corrected chi connectivity index (χ2v) is 11.0. The van der Waals surface area contributed by atoms with Crippen molar-refractivity contribution in [1.29, 1.82) is 0 Å². The van der Waals surface area contributed by atoms with Gasteiger partial charge in [0.1, 0.15) is 6.04 Å². The highest BCUT2D eigenvalue weighted by Gasteiger charge is 2.34. The molecule has 2 atom stereocenters. The Morgan fingerprint density at radius 1 is 1.08 bits per heavy atom. The van der Waals surface area contributed by atoms with Crippen molar-refractivity contribution in [1.82, 2.24) is 30.1 Å². The van der Waals surface area contributed by atoms with E-state index in [1.807, 2.05) is 11.6 Å². The highest BCUT2D eigenvalue weighted by Crippen LogP contribution is 2.33. The van der Waals surface area contributed by atoms with Gasteiger partial charge in [0.2, 0.25) is 0 Å². The zero-order valence-corrected chi connectivity index (χ0v) is 22.3. The number of aryl methyl sites for hydroxylation is 2. The standard InChI is InChI=1S/C30H36N6O2/c1-20-15-21(2)27-24(16-20)18-26(30(37)31-27)28(29-32-33-34-36(29)19-25-9-6-14-38-25)35-12-10-23(11-13-35)17-22-7-4-3-5-8-22/h3-5,7-8,15-16,18,23,25,28H,6,9-14,17,19H2,1-2H3,(H,31,37)/t25-,28-/m1/s1. The van der Waals surface area contributed by atoms with Gasteiger partial charge in [0, 0.05) is 12.2 Å². The lowest BCUT2D eigenvalue weighted by molar-refractivity contribution is 0.0892. The zero-order valence-electron chi connectivity index (χ0n) is 22.3. The van der Waals surface area contributed by atoms with E-state index in [1.54, 1.807) is 0 Å². The van der Waals surface area contributed by atoms with Crippen molar-refractivity contribution in [3.8, 4) is 0 Å². The van der Waals surface area contributed by atoms with E-state index in [-0.39, 0.29) is 17.7 Å². The van der Waals surface area contributed by atoms with Crippen LogP contribution in [-0.2, 0) is 17.7 Å². The minimum absolute atomic E-state index is 0.0764. The van der Waals surface area contributed by atoms with E-state index in [0.29, 0.717) is 18.0 Å². The van der Waals surface area contributed by atoms with Crippen molar-refractivity contribution in [3.05, 3.63) is 87.0 Å². The maximum atomic E-state index is 13.6. The lowest BCUT2D eigenvalue weighted by Gasteiger charge is -2.37. The Bertz CT molecular complexity index is 1450. The monoisotopic (exact) mass is 512 g/mol. The number of rotatable bonds is 7. The van der Waals surface area contributed by atoms with Crippen molar-refractivity contribution in [2.45, 2.75) is 64.6 Å². The van der Waals surface area contributed by atoms with Crippen molar-refractivity contribution >= 4 is 10.9 Å². The van der Waals surface area contributed by atoms with Crippen LogP contribution < -0.4 is 5.56 Å². The number of ether oxygens (including phenoxy) is 1.